The molecule has 0 radical (unpaired) electrons. The molecule has 4 unspecified atom stereocenters. The molecule has 170 valence electrons. The largest absolute Gasteiger partial charge is 0.325 e. The van der Waals surface area contributed by atoms with Crippen LogP contribution in [0.2, 0.25) is 0 Å². The molecular weight excluding hydrogens is 352 g/mol. The Bertz CT molecular complexity index is 347. The van der Waals surface area contributed by atoms with Gasteiger partial charge in [0.2, 0.25) is 0 Å². The Morgan fingerprint density at radius 2 is 1.50 bits per heavy atom. The highest BCUT2D eigenvalue weighted by atomic mass is 17.3. The molecule has 0 aromatic rings. The minimum absolute atomic E-state index is 0.0757. The summed E-state index contributed by atoms with van der Waals surface area (Å²) in [4.78, 5) is 11.6. The van der Waals surface area contributed by atoms with Crippen molar-refractivity contribution < 1.29 is 19.2 Å². The molecule has 0 amide bonds. The predicted molar refractivity (Wildman–Crippen MR) is 118 cm³/mol. The fraction of sp³-hybridized carbons (Fsp3) is 1.00. The summed E-state index contributed by atoms with van der Waals surface area (Å²) < 4.78 is 12.7. The first-order valence-corrected chi connectivity index (χ1v) is 11.9. The van der Waals surface area contributed by atoms with Gasteiger partial charge in [0.05, 0.1) is 19.3 Å². The van der Waals surface area contributed by atoms with Gasteiger partial charge in [-0.05, 0) is 50.4 Å². The van der Waals surface area contributed by atoms with E-state index in [1.54, 1.807) is 0 Å². The monoisotopic (exact) mass is 402 g/mol. The van der Waals surface area contributed by atoms with Gasteiger partial charge in [-0.25, -0.2) is 4.89 Å². The molecule has 0 heterocycles. The van der Waals surface area contributed by atoms with Gasteiger partial charge in [-0.3, -0.25) is 0 Å². The van der Waals surface area contributed by atoms with Crippen molar-refractivity contribution in [3.63, 3.8) is 0 Å². The van der Waals surface area contributed by atoms with Gasteiger partial charge in [0.1, 0.15) is 0 Å². The van der Waals surface area contributed by atoms with Gasteiger partial charge in [-0.1, -0.05) is 74.1 Å². The molecule has 0 spiro atoms. The van der Waals surface area contributed by atoms with Crippen LogP contribution in [0.4, 0.5) is 0 Å². The second-order valence-corrected chi connectivity index (χ2v) is 9.10. The lowest BCUT2D eigenvalue weighted by atomic mass is 10.1. The maximum atomic E-state index is 6.38. The van der Waals surface area contributed by atoms with E-state index < -0.39 is 5.97 Å². The van der Waals surface area contributed by atoms with E-state index in [0.717, 1.165) is 51.4 Å². The summed E-state index contributed by atoms with van der Waals surface area (Å²) in [6.45, 7) is 18.8. The summed E-state index contributed by atoms with van der Waals surface area (Å²) in [5, 5.41) is 0. The minimum Gasteiger partial charge on any atom is -0.325 e. The van der Waals surface area contributed by atoms with Gasteiger partial charge in [0, 0.05) is 6.42 Å². The van der Waals surface area contributed by atoms with Crippen molar-refractivity contribution in [3.8, 4) is 0 Å². The van der Waals surface area contributed by atoms with E-state index in [1.165, 1.54) is 0 Å². The summed E-state index contributed by atoms with van der Waals surface area (Å²) in [7, 11) is 0. The Hall–Kier alpha value is -0.160. The molecule has 0 fully saturated rings. The van der Waals surface area contributed by atoms with Crippen LogP contribution < -0.4 is 0 Å². The standard InChI is InChI=1S/C24H50O4/c1-9-12-14-23(8)27-24(17-15-20(4)5,25-19-22(7)13-10-2)28-26-18-16-21(6)11-3/h20-23H,9-19H2,1-8H3. The third-order valence-electron chi connectivity index (χ3n) is 5.32. The zero-order valence-electron chi connectivity index (χ0n) is 20.2. The molecule has 0 saturated carbocycles. The van der Waals surface area contributed by atoms with Crippen molar-refractivity contribution in [2.24, 2.45) is 17.8 Å². The Kier molecular flexibility index (Phi) is 16.5. The molecule has 0 aliphatic carbocycles. The van der Waals surface area contributed by atoms with Crippen LogP contribution >= 0.6 is 0 Å². The van der Waals surface area contributed by atoms with Gasteiger partial charge >= 0.3 is 5.97 Å². The van der Waals surface area contributed by atoms with Crippen LogP contribution in [0.1, 0.15) is 113 Å². The molecule has 0 N–H and O–H groups in total. The van der Waals surface area contributed by atoms with Crippen LogP contribution in [-0.2, 0) is 19.2 Å². The van der Waals surface area contributed by atoms with Crippen molar-refractivity contribution in [2.75, 3.05) is 13.2 Å². The second kappa shape index (κ2) is 16.6. The highest BCUT2D eigenvalue weighted by Gasteiger charge is 2.37. The third kappa shape index (κ3) is 13.9. The molecule has 28 heavy (non-hydrogen) atoms. The maximum absolute atomic E-state index is 6.38. The Labute approximate surface area is 176 Å². The number of hydrogen-bond acceptors (Lipinski definition) is 4. The third-order valence-corrected chi connectivity index (χ3v) is 5.32. The summed E-state index contributed by atoms with van der Waals surface area (Å²) >= 11 is 0. The van der Waals surface area contributed by atoms with Gasteiger partial charge < -0.3 is 9.47 Å². The van der Waals surface area contributed by atoms with Crippen LogP contribution in [0.15, 0.2) is 0 Å². The summed E-state index contributed by atoms with van der Waals surface area (Å²) in [5.74, 6) is 0.550. The van der Waals surface area contributed by atoms with E-state index in [-0.39, 0.29) is 6.10 Å². The zero-order chi connectivity index (χ0) is 21.4. The number of ether oxygens (including phenoxy) is 2. The van der Waals surface area contributed by atoms with Crippen LogP contribution in [0.3, 0.4) is 0 Å². The van der Waals surface area contributed by atoms with Gasteiger partial charge in [-0.15, -0.1) is 0 Å². The smallest absolute Gasteiger partial charge is 0.312 e. The summed E-state index contributed by atoms with van der Waals surface area (Å²) in [6, 6.07) is 0. The quantitative estimate of drug-likeness (QED) is 0.0969. The molecule has 0 aromatic carbocycles. The lowest BCUT2D eigenvalue weighted by molar-refractivity contribution is -0.516. The number of rotatable bonds is 19. The fourth-order valence-electron chi connectivity index (χ4n) is 3.00. The Morgan fingerprint density at radius 3 is 2.07 bits per heavy atom. The molecule has 0 bridgehead atoms. The van der Waals surface area contributed by atoms with E-state index in [0.29, 0.717) is 37.4 Å². The number of unbranched alkanes of at least 4 members (excludes halogenated alkanes) is 1. The van der Waals surface area contributed by atoms with Gasteiger partial charge in [0.25, 0.3) is 0 Å². The molecule has 0 aromatic heterocycles. The predicted octanol–water partition coefficient (Wildman–Crippen LogP) is 7.51. The van der Waals surface area contributed by atoms with Crippen LogP contribution in [0, 0.1) is 17.8 Å². The van der Waals surface area contributed by atoms with E-state index in [1.807, 2.05) is 0 Å². The Balaban J connectivity index is 5.08. The molecule has 4 nitrogen and oxygen atoms in total. The van der Waals surface area contributed by atoms with E-state index in [2.05, 4.69) is 55.4 Å². The SMILES string of the molecule is CCCCC(C)OC(CCC(C)C)(OCC(C)CCC)OOCCC(C)CC. The van der Waals surface area contributed by atoms with E-state index in [4.69, 9.17) is 19.2 Å². The summed E-state index contributed by atoms with van der Waals surface area (Å²) in [6.07, 6.45) is 9.46. The molecule has 4 heteroatoms. The summed E-state index contributed by atoms with van der Waals surface area (Å²) in [5.41, 5.74) is 0. The van der Waals surface area contributed by atoms with Crippen LogP contribution in [0.25, 0.3) is 0 Å². The first kappa shape index (κ1) is 27.8. The zero-order valence-corrected chi connectivity index (χ0v) is 20.2. The molecular formula is C24H50O4. The number of hydrogen-bond donors (Lipinski definition) is 0. The molecule has 0 saturated heterocycles. The normalized spacial score (nSPS) is 17.5. The van der Waals surface area contributed by atoms with Crippen LogP contribution in [0.5, 0.6) is 0 Å². The highest BCUT2D eigenvalue weighted by molar-refractivity contribution is 4.64. The molecule has 0 aliphatic rings. The molecule has 4 atom stereocenters. The first-order chi connectivity index (χ1) is 13.3. The van der Waals surface area contributed by atoms with E-state index >= 15 is 0 Å². The van der Waals surface area contributed by atoms with Crippen molar-refractivity contribution in [1.29, 1.82) is 0 Å². The fourth-order valence-corrected chi connectivity index (χ4v) is 3.00. The minimum atomic E-state index is -1.10. The first-order valence-electron chi connectivity index (χ1n) is 11.9. The topological polar surface area (TPSA) is 36.9 Å². The molecule has 0 rings (SSSR count). The van der Waals surface area contributed by atoms with Crippen molar-refractivity contribution in [1.82, 2.24) is 0 Å². The lowest BCUT2D eigenvalue weighted by Crippen LogP contribution is -2.43. The van der Waals surface area contributed by atoms with Crippen molar-refractivity contribution in [3.05, 3.63) is 0 Å². The average molecular weight is 403 g/mol. The second-order valence-electron chi connectivity index (χ2n) is 9.10. The average Bonchev–Trinajstić information content (AvgIpc) is 2.66. The van der Waals surface area contributed by atoms with E-state index in [9.17, 15) is 0 Å². The van der Waals surface area contributed by atoms with Gasteiger partial charge in [0.15, 0.2) is 0 Å². The molecule has 0 aliphatic heterocycles. The highest BCUT2D eigenvalue weighted by Crippen LogP contribution is 2.29. The lowest BCUT2D eigenvalue weighted by Gasteiger charge is -2.35. The maximum Gasteiger partial charge on any atom is 0.312 e. The van der Waals surface area contributed by atoms with Crippen molar-refractivity contribution >= 4 is 0 Å². The van der Waals surface area contributed by atoms with Crippen LogP contribution in [-0.4, -0.2) is 25.3 Å². The van der Waals surface area contributed by atoms with Gasteiger partial charge in [-0.2, -0.15) is 4.89 Å². The Morgan fingerprint density at radius 1 is 0.786 bits per heavy atom. The van der Waals surface area contributed by atoms with Crippen molar-refractivity contribution in [2.45, 2.75) is 125 Å².